The molecule has 0 unspecified atom stereocenters. The van der Waals surface area contributed by atoms with E-state index in [0.29, 0.717) is 5.56 Å². The Morgan fingerprint density at radius 1 is 1.20 bits per heavy atom. The van der Waals surface area contributed by atoms with Crippen LogP contribution in [0.5, 0.6) is 0 Å². The lowest BCUT2D eigenvalue weighted by molar-refractivity contribution is -0.158. The largest absolute Gasteiger partial charge is 0.427 e. The van der Waals surface area contributed by atoms with Crippen molar-refractivity contribution >= 4 is 27.7 Å². The summed E-state index contributed by atoms with van der Waals surface area (Å²) in [6, 6.07) is 6.74. The number of benzene rings is 1. The summed E-state index contributed by atoms with van der Waals surface area (Å²) in [5.41, 5.74) is 0.532. The Hall–Kier alpha value is -1.20. The van der Waals surface area contributed by atoms with Gasteiger partial charge in [0.1, 0.15) is 5.92 Å². The second-order valence-corrected chi connectivity index (χ2v) is 4.09. The molecule has 0 saturated carbocycles. The molecule has 1 N–H and O–H groups in total. The molecular weight excluding hydrogens is 264 g/mol. The predicted molar refractivity (Wildman–Crippen MR) is 54.0 cm³/mol. The number of hydrogen-bond acceptors (Lipinski definition) is 4. The molecule has 1 aromatic rings. The van der Waals surface area contributed by atoms with Crippen LogP contribution in [-0.4, -0.2) is 23.1 Å². The van der Waals surface area contributed by atoms with Crippen LogP contribution in [0.15, 0.2) is 28.7 Å². The zero-order chi connectivity index (χ0) is 11.0. The maximum atomic E-state index is 11.4. The summed E-state index contributed by atoms with van der Waals surface area (Å²) >= 11 is 3.25. The fourth-order valence-electron chi connectivity index (χ4n) is 1.45. The van der Waals surface area contributed by atoms with Gasteiger partial charge in [-0.2, -0.15) is 0 Å². The van der Waals surface area contributed by atoms with E-state index in [0.717, 1.165) is 4.47 Å². The standard InChI is InChI=1S/C10H7BrO4/c11-6-3-1-5(2-4-6)7-8(12)10(14)15-9(7)13/h1-4,7,10,14H/t7-,10-/m1/s1. The van der Waals surface area contributed by atoms with Crippen LogP contribution in [-0.2, 0) is 14.3 Å². The lowest BCUT2D eigenvalue weighted by Crippen LogP contribution is -2.18. The highest BCUT2D eigenvalue weighted by Crippen LogP contribution is 2.27. The van der Waals surface area contributed by atoms with E-state index in [1.807, 2.05) is 0 Å². The van der Waals surface area contributed by atoms with Crippen LogP contribution < -0.4 is 0 Å². The van der Waals surface area contributed by atoms with Gasteiger partial charge < -0.3 is 9.84 Å². The van der Waals surface area contributed by atoms with E-state index in [9.17, 15) is 9.59 Å². The third kappa shape index (κ3) is 1.80. The van der Waals surface area contributed by atoms with Crippen molar-refractivity contribution in [3.63, 3.8) is 0 Å². The van der Waals surface area contributed by atoms with Crippen molar-refractivity contribution in [3.8, 4) is 0 Å². The first kappa shape index (κ1) is 10.3. The smallest absolute Gasteiger partial charge is 0.323 e. The fraction of sp³-hybridized carbons (Fsp3) is 0.200. The lowest BCUT2D eigenvalue weighted by atomic mass is 9.97. The number of rotatable bonds is 1. The molecule has 78 valence electrons. The normalized spacial score (nSPS) is 25.5. The van der Waals surface area contributed by atoms with Gasteiger partial charge in [-0.25, -0.2) is 0 Å². The monoisotopic (exact) mass is 270 g/mol. The number of hydrogen-bond donors (Lipinski definition) is 1. The van der Waals surface area contributed by atoms with E-state index in [2.05, 4.69) is 20.7 Å². The van der Waals surface area contributed by atoms with Gasteiger partial charge in [0.2, 0.25) is 5.78 Å². The molecule has 5 heteroatoms. The highest BCUT2D eigenvalue weighted by molar-refractivity contribution is 9.10. The summed E-state index contributed by atoms with van der Waals surface area (Å²) in [4.78, 5) is 22.7. The Bertz CT molecular complexity index is 412. The Balaban J connectivity index is 2.35. The SMILES string of the molecule is O=C1O[C@@H](O)C(=O)[C@H]1c1ccc(Br)cc1. The van der Waals surface area contributed by atoms with E-state index in [-0.39, 0.29) is 0 Å². The summed E-state index contributed by atoms with van der Waals surface area (Å²) in [6.45, 7) is 0. The zero-order valence-corrected chi connectivity index (χ0v) is 9.10. The fourth-order valence-corrected chi connectivity index (χ4v) is 1.71. The molecular formula is C10H7BrO4. The van der Waals surface area contributed by atoms with Gasteiger partial charge in [0, 0.05) is 4.47 Å². The molecule has 4 nitrogen and oxygen atoms in total. The first-order chi connectivity index (χ1) is 7.09. The maximum absolute atomic E-state index is 11.4. The van der Waals surface area contributed by atoms with Crippen molar-refractivity contribution in [2.45, 2.75) is 12.2 Å². The van der Waals surface area contributed by atoms with Gasteiger partial charge in [-0.05, 0) is 17.7 Å². The van der Waals surface area contributed by atoms with Crippen LogP contribution in [0, 0.1) is 0 Å². The number of Topliss-reactive ketones (excluding diaryl/α,β-unsaturated/α-hetero) is 1. The molecule has 2 atom stereocenters. The van der Waals surface area contributed by atoms with E-state index >= 15 is 0 Å². The second kappa shape index (κ2) is 3.75. The van der Waals surface area contributed by atoms with Gasteiger partial charge in [0.05, 0.1) is 0 Å². The first-order valence-electron chi connectivity index (χ1n) is 4.27. The molecule has 0 spiro atoms. The van der Waals surface area contributed by atoms with Gasteiger partial charge in [-0.15, -0.1) is 0 Å². The molecule has 0 aromatic heterocycles. The molecule has 15 heavy (non-hydrogen) atoms. The minimum atomic E-state index is -1.62. The molecule has 0 bridgehead atoms. The molecule has 1 aliphatic rings. The number of ether oxygens (including phenoxy) is 1. The summed E-state index contributed by atoms with van der Waals surface area (Å²) in [7, 11) is 0. The molecule has 1 saturated heterocycles. The molecule has 1 aromatic carbocycles. The highest BCUT2D eigenvalue weighted by Gasteiger charge is 2.43. The molecule has 2 rings (SSSR count). The first-order valence-corrected chi connectivity index (χ1v) is 5.06. The maximum Gasteiger partial charge on any atom is 0.323 e. The number of esters is 1. The number of ketones is 1. The topological polar surface area (TPSA) is 63.6 Å². The Morgan fingerprint density at radius 2 is 1.80 bits per heavy atom. The van der Waals surface area contributed by atoms with Crippen LogP contribution in [0.4, 0.5) is 0 Å². The summed E-state index contributed by atoms with van der Waals surface area (Å²) in [6.07, 6.45) is -1.62. The third-order valence-electron chi connectivity index (χ3n) is 2.19. The number of carbonyl (C=O) groups excluding carboxylic acids is 2. The molecule has 1 aliphatic heterocycles. The summed E-state index contributed by atoms with van der Waals surface area (Å²) in [5.74, 6) is -2.30. The molecule has 0 aliphatic carbocycles. The van der Waals surface area contributed by atoms with Gasteiger partial charge in [0.15, 0.2) is 0 Å². The van der Waals surface area contributed by atoms with Crippen molar-refractivity contribution in [2.24, 2.45) is 0 Å². The molecule has 1 heterocycles. The van der Waals surface area contributed by atoms with E-state index in [1.165, 1.54) is 0 Å². The van der Waals surface area contributed by atoms with Crippen LogP contribution in [0.3, 0.4) is 0 Å². The van der Waals surface area contributed by atoms with E-state index in [1.54, 1.807) is 24.3 Å². The van der Waals surface area contributed by atoms with Crippen LogP contribution in [0.25, 0.3) is 0 Å². The second-order valence-electron chi connectivity index (χ2n) is 3.18. The highest BCUT2D eigenvalue weighted by atomic mass is 79.9. The number of aliphatic hydroxyl groups is 1. The third-order valence-corrected chi connectivity index (χ3v) is 2.72. The number of aliphatic hydroxyl groups excluding tert-OH is 1. The van der Waals surface area contributed by atoms with Crippen molar-refractivity contribution in [1.29, 1.82) is 0 Å². The minimum Gasteiger partial charge on any atom is -0.427 e. The lowest BCUT2D eigenvalue weighted by Gasteiger charge is -2.03. The van der Waals surface area contributed by atoms with Gasteiger partial charge in [-0.1, -0.05) is 28.1 Å². The quantitative estimate of drug-likeness (QED) is 0.610. The van der Waals surface area contributed by atoms with Crippen molar-refractivity contribution in [1.82, 2.24) is 0 Å². The van der Waals surface area contributed by atoms with Crippen molar-refractivity contribution < 1.29 is 19.4 Å². The number of carbonyl (C=O) groups is 2. The van der Waals surface area contributed by atoms with Gasteiger partial charge >= 0.3 is 5.97 Å². The molecule has 0 radical (unpaired) electrons. The van der Waals surface area contributed by atoms with Gasteiger partial charge in [-0.3, -0.25) is 9.59 Å². The zero-order valence-electron chi connectivity index (χ0n) is 7.51. The van der Waals surface area contributed by atoms with Crippen molar-refractivity contribution in [2.75, 3.05) is 0 Å². The Labute approximate surface area is 94.0 Å². The molecule has 0 amide bonds. The summed E-state index contributed by atoms with van der Waals surface area (Å²) in [5, 5.41) is 9.05. The average molecular weight is 271 g/mol. The molecule has 1 fully saturated rings. The summed E-state index contributed by atoms with van der Waals surface area (Å²) < 4.78 is 5.28. The van der Waals surface area contributed by atoms with Crippen LogP contribution in [0.2, 0.25) is 0 Å². The number of halogens is 1. The Kier molecular flexibility index (Phi) is 2.58. The van der Waals surface area contributed by atoms with Crippen LogP contribution >= 0.6 is 15.9 Å². The Morgan fingerprint density at radius 3 is 2.27 bits per heavy atom. The van der Waals surface area contributed by atoms with Crippen molar-refractivity contribution in [3.05, 3.63) is 34.3 Å². The van der Waals surface area contributed by atoms with Crippen LogP contribution in [0.1, 0.15) is 11.5 Å². The number of cyclic esters (lactones) is 1. The van der Waals surface area contributed by atoms with E-state index < -0.39 is 24.0 Å². The minimum absolute atomic E-state index is 0.532. The van der Waals surface area contributed by atoms with Gasteiger partial charge in [0.25, 0.3) is 6.29 Å². The average Bonchev–Trinajstić information content (AvgIpc) is 2.44. The predicted octanol–water partition coefficient (Wildman–Crippen LogP) is 0.977. The van der Waals surface area contributed by atoms with E-state index in [4.69, 9.17) is 5.11 Å².